The van der Waals surface area contributed by atoms with E-state index in [2.05, 4.69) is 10.4 Å². The zero-order chi connectivity index (χ0) is 13.9. The van der Waals surface area contributed by atoms with Crippen LogP contribution in [0.5, 0.6) is 0 Å². The molecule has 0 saturated carbocycles. The fourth-order valence-corrected chi connectivity index (χ4v) is 1.36. The van der Waals surface area contributed by atoms with E-state index in [1.54, 1.807) is 27.1 Å². The fraction of sp³-hybridized carbons (Fsp3) is 0.583. The van der Waals surface area contributed by atoms with Crippen LogP contribution in [0.4, 0.5) is 0 Å². The zero-order valence-electron chi connectivity index (χ0n) is 11.1. The van der Waals surface area contributed by atoms with Crippen LogP contribution in [-0.4, -0.2) is 26.8 Å². The second-order valence-corrected chi connectivity index (χ2v) is 4.93. The summed E-state index contributed by atoms with van der Waals surface area (Å²) in [7, 11) is 1.69. The van der Waals surface area contributed by atoms with E-state index in [-0.39, 0.29) is 5.91 Å². The third kappa shape index (κ3) is 3.09. The lowest BCUT2D eigenvalue weighted by atomic mass is 9.89. The Morgan fingerprint density at radius 2 is 2.17 bits per heavy atom. The summed E-state index contributed by atoms with van der Waals surface area (Å²) in [5.41, 5.74) is -0.124. The lowest BCUT2D eigenvalue weighted by molar-refractivity contribution is -0.143. The van der Waals surface area contributed by atoms with Gasteiger partial charge in [-0.2, -0.15) is 5.10 Å². The summed E-state index contributed by atoms with van der Waals surface area (Å²) in [4.78, 5) is 23.2. The molecule has 1 amide bonds. The normalized spacial score (nSPS) is 13.1. The molecule has 0 aliphatic carbocycles. The minimum atomic E-state index is -1.09. The van der Waals surface area contributed by atoms with Gasteiger partial charge in [-0.25, -0.2) is 4.79 Å². The molecule has 0 saturated heterocycles. The standard InChI is InChI=1S/C12H19N3O3/c1-5-12(2,3)11(18)14-9(10(16)17)8-6-13-15(4)7-8/h6-7,9H,5H2,1-4H3,(H,14,18)(H,16,17). The van der Waals surface area contributed by atoms with E-state index >= 15 is 0 Å². The number of carbonyl (C=O) groups is 2. The van der Waals surface area contributed by atoms with Gasteiger partial charge in [0.05, 0.1) is 6.20 Å². The highest BCUT2D eigenvalue weighted by atomic mass is 16.4. The maximum atomic E-state index is 12.0. The van der Waals surface area contributed by atoms with Gasteiger partial charge in [-0.15, -0.1) is 0 Å². The molecule has 0 aliphatic heterocycles. The molecule has 18 heavy (non-hydrogen) atoms. The zero-order valence-corrected chi connectivity index (χ0v) is 11.1. The van der Waals surface area contributed by atoms with Crippen molar-refractivity contribution in [2.45, 2.75) is 33.2 Å². The van der Waals surface area contributed by atoms with Gasteiger partial charge in [0.25, 0.3) is 0 Å². The van der Waals surface area contributed by atoms with Gasteiger partial charge in [-0.3, -0.25) is 9.48 Å². The number of carbonyl (C=O) groups excluding carboxylic acids is 1. The lowest BCUT2D eigenvalue weighted by Gasteiger charge is -2.24. The molecule has 6 heteroatoms. The number of hydrogen-bond acceptors (Lipinski definition) is 3. The van der Waals surface area contributed by atoms with Crippen molar-refractivity contribution in [3.8, 4) is 0 Å². The molecule has 1 heterocycles. The highest BCUT2D eigenvalue weighted by Crippen LogP contribution is 2.22. The number of aryl methyl sites for hydroxylation is 1. The lowest BCUT2D eigenvalue weighted by Crippen LogP contribution is -2.41. The van der Waals surface area contributed by atoms with Crippen molar-refractivity contribution in [1.29, 1.82) is 0 Å². The second-order valence-electron chi connectivity index (χ2n) is 4.93. The summed E-state index contributed by atoms with van der Waals surface area (Å²) >= 11 is 0. The third-order valence-electron chi connectivity index (χ3n) is 3.08. The SMILES string of the molecule is CCC(C)(C)C(=O)NC(C(=O)O)c1cnn(C)c1. The molecule has 1 unspecified atom stereocenters. The van der Waals surface area contributed by atoms with Gasteiger partial charge in [0.15, 0.2) is 6.04 Å². The van der Waals surface area contributed by atoms with Gasteiger partial charge in [0.1, 0.15) is 0 Å². The number of nitrogens with one attached hydrogen (secondary N) is 1. The predicted molar refractivity (Wildman–Crippen MR) is 65.8 cm³/mol. The Bertz CT molecular complexity index is 451. The quantitative estimate of drug-likeness (QED) is 0.823. The predicted octanol–water partition coefficient (Wildman–Crippen LogP) is 1.10. The van der Waals surface area contributed by atoms with E-state index in [9.17, 15) is 14.7 Å². The van der Waals surface area contributed by atoms with Crippen molar-refractivity contribution in [2.24, 2.45) is 12.5 Å². The van der Waals surface area contributed by atoms with Crippen LogP contribution in [0.2, 0.25) is 0 Å². The highest BCUT2D eigenvalue weighted by Gasteiger charge is 2.31. The van der Waals surface area contributed by atoms with E-state index in [0.717, 1.165) is 0 Å². The number of hydrogen-bond donors (Lipinski definition) is 2. The number of aliphatic carboxylic acids is 1. The molecular formula is C12H19N3O3. The van der Waals surface area contributed by atoms with Crippen LogP contribution in [0.15, 0.2) is 12.4 Å². The van der Waals surface area contributed by atoms with E-state index in [4.69, 9.17) is 0 Å². The Morgan fingerprint density at radius 3 is 2.56 bits per heavy atom. The van der Waals surface area contributed by atoms with Gasteiger partial charge in [0, 0.05) is 24.2 Å². The molecule has 0 radical (unpaired) electrons. The van der Waals surface area contributed by atoms with Crippen molar-refractivity contribution in [3.63, 3.8) is 0 Å². The molecule has 1 aromatic heterocycles. The minimum absolute atomic E-state index is 0.277. The number of amides is 1. The van der Waals surface area contributed by atoms with E-state index in [0.29, 0.717) is 12.0 Å². The Morgan fingerprint density at radius 1 is 1.56 bits per heavy atom. The second kappa shape index (κ2) is 5.20. The van der Waals surface area contributed by atoms with Crippen molar-refractivity contribution in [1.82, 2.24) is 15.1 Å². The molecule has 6 nitrogen and oxygen atoms in total. The van der Waals surface area contributed by atoms with Crippen molar-refractivity contribution in [2.75, 3.05) is 0 Å². The molecule has 0 spiro atoms. The van der Waals surface area contributed by atoms with Crippen LogP contribution in [0.1, 0.15) is 38.8 Å². The van der Waals surface area contributed by atoms with Gasteiger partial charge in [0.2, 0.25) is 5.91 Å². The molecular weight excluding hydrogens is 234 g/mol. The maximum absolute atomic E-state index is 12.0. The molecule has 1 rings (SSSR count). The van der Waals surface area contributed by atoms with Gasteiger partial charge in [-0.1, -0.05) is 20.8 Å². The Hall–Kier alpha value is -1.85. The Balaban J connectivity index is 2.89. The van der Waals surface area contributed by atoms with Crippen molar-refractivity contribution < 1.29 is 14.7 Å². The molecule has 1 atom stereocenters. The molecule has 2 N–H and O–H groups in total. The molecule has 100 valence electrons. The van der Waals surface area contributed by atoms with E-state index < -0.39 is 17.4 Å². The Kier molecular flexibility index (Phi) is 4.11. The van der Waals surface area contributed by atoms with Crippen LogP contribution >= 0.6 is 0 Å². The van der Waals surface area contributed by atoms with Crippen molar-refractivity contribution >= 4 is 11.9 Å². The summed E-state index contributed by atoms with van der Waals surface area (Å²) in [5, 5.41) is 15.6. The average Bonchev–Trinajstić information content (AvgIpc) is 2.71. The van der Waals surface area contributed by atoms with E-state index in [1.165, 1.54) is 10.9 Å². The first-order valence-electron chi connectivity index (χ1n) is 5.80. The van der Waals surface area contributed by atoms with Crippen LogP contribution in [0.3, 0.4) is 0 Å². The monoisotopic (exact) mass is 253 g/mol. The molecule has 0 fully saturated rings. The van der Waals surface area contributed by atoms with Gasteiger partial charge < -0.3 is 10.4 Å². The summed E-state index contributed by atoms with van der Waals surface area (Å²) in [6, 6.07) is -1.06. The van der Waals surface area contributed by atoms with Gasteiger partial charge >= 0.3 is 5.97 Å². The average molecular weight is 253 g/mol. The van der Waals surface area contributed by atoms with Crippen LogP contribution in [-0.2, 0) is 16.6 Å². The van der Waals surface area contributed by atoms with E-state index in [1.807, 2.05) is 6.92 Å². The van der Waals surface area contributed by atoms with Crippen molar-refractivity contribution in [3.05, 3.63) is 18.0 Å². The minimum Gasteiger partial charge on any atom is -0.479 e. The van der Waals surface area contributed by atoms with Crippen LogP contribution < -0.4 is 5.32 Å². The maximum Gasteiger partial charge on any atom is 0.331 e. The Labute approximate surface area is 106 Å². The highest BCUT2D eigenvalue weighted by molar-refractivity contribution is 5.87. The molecule has 0 aromatic carbocycles. The van der Waals surface area contributed by atoms with Gasteiger partial charge in [-0.05, 0) is 6.42 Å². The number of nitrogens with zero attached hydrogens (tertiary/aromatic N) is 2. The fourth-order valence-electron chi connectivity index (χ4n) is 1.36. The summed E-state index contributed by atoms with van der Waals surface area (Å²) in [5.74, 6) is -1.37. The summed E-state index contributed by atoms with van der Waals surface area (Å²) < 4.78 is 1.50. The first-order chi connectivity index (χ1) is 8.27. The summed E-state index contributed by atoms with van der Waals surface area (Å²) in [6.45, 7) is 5.45. The largest absolute Gasteiger partial charge is 0.479 e. The number of rotatable bonds is 5. The smallest absolute Gasteiger partial charge is 0.331 e. The van der Waals surface area contributed by atoms with Crippen LogP contribution in [0.25, 0.3) is 0 Å². The first-order valence-corrected chi connectivity index (χ1v) is 5.80. The molecule has 1 aromatic rings. The number of carboxylic acids is 1. The summed E-state index contributed by atoms with van der Waals surface area (Å²) in [6.07, 6.45) is 3.66. The van der Waals surface area contributed by atoms with Crippen LogP contribution in [0, 0.1) is 5.41 Å². The third-order valence-corrected chi connectivity index (χ3v) is 3.08. The number of carboxylic acid groups (broad SMARTS) is 1. The first kappa shape index (κ1) is 14.2. The topological polar surface area (TPSA) is 84.2 Å². The number of aromatic nitrogens is 2. The molecule has 0 bridgehead atoms. The molecule has 0 aliphatic rings.